The summed E-state index contributed by atoms with van der Waals surface area (Å²) in [5.41, 5.74) is 0.0337. The highest BCUT2D eigenvalue weighted by atomic mass is 16.5. The molecule has 6 nitrogen and oxygen atoms in total. The molecule has 6 heteroatoms. The van der Waals surface area contributed by atoms with Gasteiger partial charge in [-0.2, -0.15) is 0 Å². The van der Waals surface area contributed by atoms with E-state index in [2.05, 4.69) is 65.4 Å². The van der Waals surface area contributed by atoms with Crippen LogP contribution in [0.15, 0.2) is 0 Å². The quantitative estimate of drug-likeness (QED) is 0.405. The third-order valence-electron chi connectivity index (χ3n) is 9.44. The van der Waals surface area contributed by atoms with Crippen molar-refractivity contribution in [3.63, 3.8) is 0 Å². The van der Waals surface area contributed by atoms with Crippen LogP contribution < -0.4 is 0 Å². The van der Waals surface area contributed by atoms with Gasteiger partial charge in [0.15, 0.2) is 0 Å². The molecule has 0 amide bonds. The largest absolute Gasteiger partial charge is 0.481 e. The first-order valence-corrected chi connectivity index (χ1v) is 12.6. The van der Waals surface area contributed by atoms with Crippen molar-refractivity contribution < 1.29 is 19.4 Å². The van der Waals surface area contributed by atoms with Gasteiger partial charge in [-0.25, -0.2) is 0 Å². The van der Waals surface area contributed by atoms with E-state index in [0.717, 1.165) is 45.2 Å². The lowest BCUT2D eigenvalue weighted by Crippen LogP contribution is -2.57. The van der Waals surface area contributed by atoms with Gasteiger partial charge in [0, 0.05) is 30.0 Å². The summed E-state index contributed by atoms with van der Waals surface area (Å²) >= 11 is 0. The lowest BCUT2D eigenvalue weighted by atomic mass is 9.67. The molecule has 1 N–H and O–H groups in total. The fraction of sp³-hybridized carbons (Fsp3) is 0.923. The second-order valence-electron chi connectivity index (χ2n) is 11.5. The van der Waals surface area contributed by atoms with E-state index in [1.807, 2.05) is 0 Å². The Morgan fingerprint density at radius 3 is 2.09 bits per heavy atom. The molecule has 0 aromatic carbocycles. The number of hydrogen-bond donors (Lipinski definition) is 1. The van der Waals surface area contributed by atoms with Crippen molar-refractivity contribution >= 4 is 11.9 Å². The predicted octanol–water partition coefficient (Wildman–Crippen LogP) is 4.67. The average molecular weight is 453 g/mol. The van der Waals surface area contributed by atoms with Gasteiger partial charge in [-0.1, -0.05) is 26.7 Å². The van der Waals surface area contributed by atoms with E-state index in [0.29, 0.717) is 18.3 Å². The zero-order valence-corrected chi connectivity index (χ0v) is 21.8. The van der Waals surface area contributed by atoms with E-state index in [4.69, 9.17) is 9.84 Å². The fourth-order valence-corrected chi connectivity index (χ4v) is 5.69. The summed E-state index contributed by atoms with van der Waals surface area (Å²) in [5, 5.41) is 8.92. The van der Waals surface area contributed by atoms with E-state index in [9.17, 15) is 9.59 Å². The Kier molecular flexibility index (Phi) is 9.20. The number of aliphatic carboxylic acids is 1. The summed E-state index contributed by atoms with van der Waals surface area (Å²) in [4.78, 5) is 29.2. The SMILES string of the molecule is CC1C(OC(=O)C(CCCCCC(=O)O)C2CCN(C)C(C)(C)C2C)CCN(C)C1(C)C. The first-order valence-electron chi connectivity index (χ1n) is 12.6. The Labute approximate surface area is 196 Å². The molecular weight excluding hydrogens is 404 g/mol. The maximum atomic E-state index is 13.6. The minimum absolute atomic E-state index is 0.00163. The number of ether oxygens (including phenoxy) is 1. The molecule has 2 saturated heterocycles. The number of esters is 1. The molecule has 0 aromatic rings. The van der Waals surface area contributed by atoms with Crippen LogP contribution >= 0.6 is 0 Å². The number of carbonyl (C=O) groups is 2. The normalized spacial score (nSPS) is 31.8. The Balaban J connectivity index is 2.12. The van der Waals surface area contributed by atoms with E-state index < -0.39 is 5.97 Å². The highest BCUT2D eigenvalue weighted by molar-refractivity contribution is 5.73. The number of rotatable bonds is 9. The number of carboxylic acids is 1. The third-order valence-corrected chi connectivity index (χ3v) is 9.44. The second-order valence-corrected chi connectivity index (χ2v) is 11.5. The Morgan fingerprint density at radius 1 is 0.938 bits per heavy atom. The molecule has 2 rings (SSSR count). The molecule has 186 valence electrons. The topological polar surface area (TPSA) is 70.1 Å². The summed E-state index contributed by atoms with van der Waals surface area (Å²) in [6.07, 6.45) is 5.23. The predicted molar refractivity (Wildman–Crippen MR) is 129 cm³/mol. The number of piperidine rings is 2. The lowest BCUT2D eigenvalue weighted by Gasteiger charge is -2.51. The average Bonchev–Trinajstić information content (AvgIpc) is 2.71. The van der Waals surface area contributed by atoms with Gasteiger partial charge in [-0.3, -0.25) is 9.59 Å². The van der Waals surface area contributed by atoms with E-state index >= 15 is 0 Å². The molecule has 0 bridgehead atoms. The Hall–Kier alpha value is -1.14. The maximum absolute atomic E-state index is 13.6. The minimum Gasteiger partial charge on any atom is -0.481 e. The van der Waals surface area contributed by atoms with Crippen LogP contribution in [0.3, 0.4) is 0 Å². The summed E-state index contributed by atoms with van der Waals surface area (Å²) < 4.78 is 6.27. The van der Waals surface area contributed by atoms with Crippen LogP contribution in [0.4, 0.5) is 0 Å². The first kappa shape index (κ1) is 27.1. The van der Waals surface area contributed by atoms with E-state index in [1.165, 1.54) is 0 Å². The Bertz CT molecular complexity index is 648. The monoisotopic (exact) mass is 452 g/mol. The molecule has 0 radical (unpaired) electrons. The molecule has 0 saturated carbocycles. The minimum atomic E-state index is -0.745. The summed E-state index contributed by atoms with van der Waals surface area (Å²) in [5.74, 6) is 0.0561. The smallest absolute Gasteiger partial charge is 0.309 e. The van der Waals surface area contributed by atoms with Crippen molar-refractivity contribution in [2.45, 2.75) is 104 Å². The van der Waals surface area contributed by atoms with E-state index in [-0.39, 0.29) is 41.4 Å². The van der Waals surface area contributed by atoms with Crippen LogP contribution in [0.25, 0.3) is 0 Å². The van der Waals surface area contributed by atoms with E-state index in [1.54, 1.807) is 0 Å². The van der Waals surface area contributed by atoms with Gasteiger partial charge in [0.2, 0.25) is 0 Å². The van der Waals surface area contributed by atoms with Gasteiger partial charge < -0.3 is 19.6 Å². The summed E-state index contributed by atoms with van der Waals surface area (Å²) in [7, 11) is 4.32. The van der Waals surface area contributed by atoms with Crippen LogP contribution in [0.1, 0.15) is 86.5 Å². The number of nitrogens with zero attached hydrogens (tertiary/aromatic N) is 2. The molecule has 0 spiro atoms. The molecule has 2 aliphatic heterocycles. The number of likely N-dealkylation sites (tertiary alicyclic amines) is 2. The van der Waals surface area contributed by atoms with Gasteiger partial charge in [-0.05, 0) is 85.9 Å². The molecule has 5 atom stereocenters. The van der Waals surface area contributed by atoms with Crippen molar-refractivity contribution in [1.29, 1.82) is 0 Å². The first-order chi connectivity index (χ1) is 14.8. The molecule has 2 fully saturated rings. The second kappa shape index (κ2) is 10.9. The Morgan fingerprint density at radius 2 is 1.50 bits per heavy atom. The lowest BCUT2D eigenvalue weighted by molar-refractivity contribution is -0.169. The van der Waals surface area contributed by atoms with Crippen LogP contribution in [-0.4, -0.2) is 71.2 Å². The molecule has 0 aliphatic carbocycles. The molecule has 32 heavy (non-hydrogen) atoms. The zero-order chi connectivity index (χ0) is 24.3. The fourth-order valence-electron chi connectivity index (χ4n) is 5.69. The number of hydrogen-bond acceptors (Lipinski definition) is 5. The number of carboxylic acid groups (broad SMARTS) is 1. The summed E-state index contributed by atoms with van der Waals surface area (Å²) in [6.45, 7) is 15.4. The number of unbranched alkanes of at least 4 members (excludes halogenated alkanes) is 2. The third kappa shape index (κ3) is 6.05. The van der Waals surface area contributed by atoms with Crippen molar-refractivity contribution in [2.24, 2.45) is 23.7 Å². The van der Waals surface area contributed by atoms with Gasteiger partial charge in [0.1, 0.15) is 6.10 Å². The van der Waals surface area contributed by atoms with Crippen molar-refractivity contribution in [3.8, 4) is 0 Å². The zero-order valence-electron chi connectivity index (χ0n) is 21.8. The van der Waals surface area contributed by atoms with Gasteiger partial charge in [0.25, 0.3) is 0 Å². The summed E-state index contributed by atoms with van der Waals surface area (Å²) in [6, 6.07) is 0. The van der Waals surface area contributed by atoms with Crippen LogP contribution in [0, 0.1) is 23.7 Å². The van der Waals surface area contributed by atoms with Crippen molar-refractivity contribution in [2.75, 3.05) is 27.2 Å². The number of carbonyl (C=O) groups excluding carboxylic acids is 1. The van der Waals surface area contributed by atoms with Crippen molar-refractivity contribution in [3.05, 3.63) is 0 Å². The van der Waals surface area contributed by atoms with Gasteiger partial charge in [0.05, 0.1) is 5.92 Å². The maximum Gasteiger partial charge on any atom is 0.309 e. The molecular formula is C26H48N2O4. The van der Waals surface area contributed by atoms with Crippen LogP contribution in [-0.2, 0) is 14.3 Å². The standard InChI is InChI=1S/C26H48N2O4/c1-18-20(14-16-27(7)25(18,3)4)21(12-10-9-11-13-23(29)30)24(31)32-22-15-17-28(8)26(5,6)19(22)2/h18-22H,9-17H2,1-8H3,(H,29,30). The van der Waals surface area contributed by atoms with Crippen LogP contribution in [0.2, 0.25) is 0 Å². The highest BCUT2D eigenvalue weighted by Gasteiger charge is 2.46. The van der Waals surface area contributed by atoms with Crippen molar-refractivity contribution in [1.82, 2.24) is 9.80 Å². The molecule has 2 heterocycles. The molecule has 0 aromatic heterocycles. The molecule has 5 unspecified atom stereocenters. The van der Waals surface area contributed by atoms with Gasteiger partial charge >= 0.3 is 11.9 Å². The van der Waals surface area contributed by atoms with Crippen LogP contribution in [0.5, 0.6) is 0 Å². The highest BCUT2D eigenvalue weighted by Crippen LogP contribution is 2.42. The van der Waals surface area contributed by atoms with Gasteiger partial charge in [-0.15, -0.1) is 0 Å². The molecule has 2 aliphatic rings.